The Balaban J connectivity index is 0.000000527. The number of rotatable bonds is 4. The maximum absolute atomic E-state index is 13.4. The zero-order valence-corrected chi connectivity index (χ0v) is 20.7. The molecule has 2 aromatic carbocycles. The number of thiazole rings is 1. The van der Waals surface area contributed by atoms with Crippen LogP contribution in [0.25, 0.3) is 32.2 Å². The average Bonchev–Trinajstić information content (AvgIpc) is 3.18. The maximum atomic E-state index is 13.4. The number of alkyl halides is 2. The van der Waals surface area contributed by atoms with Gasteiger partial charge in [0.2, 0.25) is 0 Å². The molecule has 3 heterocycles. The van der Waals surface area contributed by atoms with Gasteiger partial charge in [0.1, 0.15) is 5.75 Å². The van der Waals surface area contributed by atoms with Gasteiger partial charge in [0.25, 0.3) is 6.43 Å². The number of aliphatic carboxylic acids is 1. The predicted octanol–water partition coefficient (Wildman–Crippen LogP) is 6.10. The minimum Gasteiger partial charge on any atom is -0.493 e. The van der Waals surface area contributed by atoms with Gasteiger partial charge >= 0.3 is 5.97 Å². The lowest BCUT2D eigenvalue weighted by molar-refractivity contribution is -0.136. The molecule has 184 valence electrons. The second kappa shape index (κ2) is 9.47. The number of benzene rings is 2. The van der Waals surface area contributed by atoms with E-state index in [1.807, 2.05) is 18.2 Å². The van der Waals surface area contributed by atoms with Crippen LogP contribution in [0.15, 0.2) is 30.5 Å². The summed E-state index contributed by atoms with van der Waals surface area (Å²) >= 11 is 0.900. The van der Waals surface area contributed by atoms with Gasteiger partial charge in [-0.2, -0.15) is 0 Å². The van der Waals surface area contributed by atoms with Crippen LogP contribution < -0.4 is 4.74 Å². The monoisotopic (exact) mass is 500 g/mol. The molecule has 2 aromatic heterocycles. The van der Waals surface area contributed by atoms with Crippen LogP contribution in [0.1, 0.15) is 48.9 Å². The molecular formula is C26H26F2N2O4S. The maximum Gasteiger partial charge on any atom is 0.307 e. The summed E-state index contributed by atoms with van der Waals surface area (Å²) in [6.45, 7) is 7.59. The van der Waals surface area contributed by atoms with Gasteiger partial charge in [0, 0.05) is 29.1 Å². The Morgan fingerprint density at radius 1 is 1.26 bits per heavy atom. The van der Waals surface area contributed by atoms with Gasteiger partial charge in [-0.05, 0) is 68.7 Å². The molecule has 6 nitrogen and oxygen atoms in total. The SMILES string of the molecule is CC(C)(C)O.Cc1cc2nc(C(F)F)sc2c(-c2ccc3c4c(ccnc24)CCO3)c1CC(=O)O. The van der Waals surface area contributed by atoms with Gasteiger partial charge in [-0.15, -0.1) is 11.3 Å². The standard InChI is InChI=1S/C22H16F2N2O3S.C4H10O/c1-10-8-14-20(30-22(26-14)21(23)24)18(13(10)9-16(27)28)12-2-3-15-17-11(5-7-29-15)4-6-25-19(12)17;1-4(2,3)5/h2-4,6,8,21H,5,7,9H2,1H3,(H,27,28);5H,1-3H3. The Bertz CT molecular complexity index is 1410. The van der Waals surface area contributed by atoms with E-state index in [1.54, 1.807) is 40.0 Å². The summed E-state index contributed by atoms with van der Waals surface area (Å²) < 4.78 is 33.1. The molecular weight excluding hydrogens is 474 g/mol. The summed E-state index contributed by atoms with van der Waals surface area (Å²) in [5.74, 6) is -0.263. The number of aryl methyl sites for hydroxylation is 1. The van der Waals surface area contributed by atoms with Gasteiger partial charge in [0.15, 0.2) is 5.01 Å². The lowest BCUT2D eigenvalue weighted by atomic mass is 9.90. The number of carboxylic acid groups (broad SMARTS) is 1. The molecule has 0 bridgehead atoms. The quantitative estimate of drug-likeness (QED) is 0.352. The molecule has 5 rings (SSSR count). The van der Waals surface area contributed by atoms with Crippen molar-refractivity contribution in [2.75, 3.05) is 6.61 Å². The number of pyridine rings is 1. The van der Waals surface area contributed by atoms with Crippen molar-refractivity contribution in [1.29, 1.82) is 0 Å². The molecule has 0 fully saturated rings. The van der Waals surface area contributed by atoms with Crippen LogP contribution in [-0.2, 0) is 17.6 Å². The summed E-state index contributed by atoms with van der Waals surface area (Å²) in [5, 5.41) is 18.6. The smallest absolute Gasteiger partial charge is 0.307 e. The van der Waals surface area contributed by atoms with Crippen molar-refractivity contribution in [2.24, 2.45) is 0 Å². The van der Waals surface area contributed by atoms with Crippen molar-refractivity contribution in [2.45, 2.75) is 52.6 Å². The normalized spacial score (nSPS) is 13.0. The van der Waals surface area contributed by atoms with Crippen molar-refractivity contribution in [3.8, 4) is 16.9 Å². The van der Waals surface area contributed by atoms with E-state index in [9.17, 15) is 18.7 Å². The molecule has 0 amide bonds. The first kappa shape index (κ1) is 24.9. The zero-order chi connectivity index (χ0) is 25.5. The number of aliphatic hydroxyl groups is 1. The second-order valence-corrected chi connectivity index (χ2v) is 10.4. The Hall–Kier alpha value is -3.17. The molecule has 1 aliphatic heterocycles. The van der Waals surface area contributed by atoms with E-state index in [0.717, 1.165) is 34.5 Å². The molecule has 0 radical (unpaired) electrons. The van der Waals surface area contributed by atoms with E-state index in [2.05, 4.69) is 9.97 Å². The Labute approximate surface area is 205 Å². The van der Waals surface area contributed by atoms with E-state index in [4.69, 9.17) is 9.84 Å². The number of carboxylic acids is 1. The van der Waals surface area contributed by atoms with Gasteiger partial charge in [-0.3, -0.25) is 9.78 Å². The fourth-order valence-corrected chi connectivity index (χ4v) is 5.10. The van der Waals surface area contributed by atoms with Crippen LogP contribution in [-0.4, -0.2) is 38.4 Å². The van der Waals surface area contributed by atoms with Crippen LogP contribution in [0.3, 0.4) is 0 Å². The number of aromatic nitrogens is 2. The second-order valence-electron chi connectivity index (χ2n) is 9.39. The number of ether oxygens (including phenoxy) is 1. The summed E-state index contributed by atoms with van der Waals surface area (Å²) in [6.07, 6.45) is -0.451. The lowest BCUT2D eigenvalue weighted by Crippen LogP contribution is -2.10. The van der Waals surface area contributed by atoms with E-state index < -0.39 is 18.0 Å². The summed E-state index contributed by atoms with van der Waals surface area (Å²) in [7, 11) is 0. The van der Waals surface area contributed by atoms with Crippen LogP contribution in [0.2, 0.25) is 0 Å². The molecule has 4 aromatic rings. The zero-order valence-electron chi connectivity index (χ0n) is 19.9. The van der Waals surface area contributed by atoms with Crippen LogP contribution in [0.4, 0.5) is 8.78 Å². The van der Waals surface area contributed by atoms with Crippen LogP contribution in [0.5, 0.6) is 5.75 Å². The number of fused-ring (bicyclic) bond motifs is 1. The fraction of sp³-hybridized carbons (Fsp3) is 0.346. The highest BCUT2D eigenvalue weighted by atomic mass is 32.1. The van der Waals surface area contributed by atoms with Gasteiger partial charge in [0.05, 0.1) is 34.4 Å². The minimum absolute atomic E-state index is 0.224. The van der Waals surface area contributed by atoms with Crippen LogP contribution in [0, 0.1) is 6.92 Å². The van der Waals surface area contributed by atoms with Gasteiger partial charge < -0.3 is 14.9 Å². The Morgan fingerprint density at radius 2 is 1.97 bits per heavy atom. The molecule has 0 saturated heterocycles. The number of carbonyl (C=O) groups is 1. The molecule has 0 spiro atoms. The number of hydrogen-bond donors (Lipinski definition) is 2. The van der Waals surface area contributed by atoms with Crippen molar-refractivity contribution >= 4 is 38.4 Å². The minimum atomic E-state index is -2.69. The Morgan fingerprint density at radius 3 is 2.63 bits per heavy atom. The average molecular weight is 501 g/mol. The number of hydrogen-bond acceptors (Lipinski definition) is 6. The predicted molar refractivity (Wildman–Crippen MR) is 133 cm³/mol. The molecule has 2 N–H and O–H groups in total. The molecule has 0 aliphatic carbocycles. The third-order valence-electron chi connectivity index (χ3n) is 5.38. The number of halogens is 2. The van der Waals surface area contributed by atoms with Crippen molar-refractivity contribution < 1.29 is 28.5 Å². The highest BCUT2D eigenvalue weighted by Gasteiger charge is 2.25. The van der Waals surface area contributed by atoms with Crippen molar-refractivity contribution in [1.82, 2.24) is 9.97 Å². The molecule has 0 atom stereocenters. The highest BCUT2D eigenvalue weighted by Crippen LogP contribution is 2.44. The van der Waals surface area contributed by atoms with Crippen molar-refractivity contribution in [3.63, 3.8) is 0 Å². The highest BCUT2D eigenvalue weighted by molar-refractivity contribution is 7.19. The van der Waals surface area contributed by atoms with E-state index in [0.29, 0.717) is 44.6 Å². The topological polar surface area (TPSA) is 92.5 Å². The molecule has 9 heteroatoms. The molecule has 35 heavy (non-hydrogen) atoms. The van der Waals surface area contributed by atoms with Crippen molar-refractivity contribution in [3.05, 3.63) is 52.2 Å². The third kappa shape index (κ3) is 5.26. The van der Waals surface area contributed by atoms with E-state index in [1.165, 1.54) is 0 Å². The molecule has 0 unspecified atom stereocenters. The summed E-state index contributed by atoms with van der Waals surface area (Å²) in [4.78, 5) is 20.3. The van der Waals surface area contributed by atoms with E-state index >= 15 is 0 Å². The molecule has 0 saturated carbocycles. The largest absolute Gasteiger partial charge is 0.493 e. The van der Waals surface area contributed by atoms with Crippen LogP contribution >= 0.6 is 11.3 Å². The first-order valence-corrected chi connectivity index (χ1v) is 11.9. The Kier molecular flexibility index (Phi) is 6.75. The van der Waals surface area contributed by atoms with Gasteiger partial charge in [-0.1, -0.05) is 0 Å². The number of nitrogens with zero attached hydrogens (tertiary/aromatic N) is 2. The first-order chi connectivity index (χ1) is 16.4. The fourth-order valence-electron chi connectivity index (χ4n) is 4.11. The van der Waals surface area contributed by atoms with E-state index in [-0.39, 0.29) is 11.4 Å². The summed E-state index contributed by atoms with van der Waals surface area (Å²) in [6, 6.07) is 7.31. The summed E-state index contributed by atoms with van der Waals surface area (Å²) in [5.41, 5.74) is 4.31. The van der Waals surface area contributed by atoms with Gasteiger partial charge in [-0.25, -0.2) is 13.8 Å². The molecule has 1 aliphatic rings. The third-order valence-corrected chi connectivity index (χ3v) is 6.48. The lowest BCUT2D eigenvalue weighted by Gasteiger charge is -2.21. The first-order valence-electron chi connectivity index (χ1n) is 11.1.